The summed E-state index contributed by atoms with van der Waals surface area (Å²) < 4.78 is 0. The van der Waals surface area contributed by atoms with E-state index >= 15 is 0 Å². The van der Waals surface area contributed by atoms with E-state index in [9.17, 15) is 4.79 Å². The monoisotopic (exact) mass is 291 g/mol. The quantitative estimate of drug-likeness (QED) is 0.602. The number of hydrogen-bond donors (Lipinski definition) is 3. The molecule has 0 radical (unpaired) electrons. The smallest absolute Gasteiger partial charge is 0.272 e. The Morgan fingerprint density at radius 1 is 1.14 bits per heavy atom. The maximum absolute atomic E-state index is 12.1. The van der Waals surface area contributed by atoms with E-state index in [1.807, 2.05) is 36.4 Å². The lowest BCUT2D eigenvalue weighted by molar-refractivity contribution is 0.860. The van der Waals surface area contributed by atoms with E-state index in [2.05, 4.69) is 23.3 Å². The second-order valence-corrected chi connectivity index (χ2v) is 5.91. The van der Waals surface area contributed by atoms with E-state index < -0.39 is 0 Å². The Morgan fingerprint density at radius 3 is 2.77 bits per heavy atom. The van der Waals surface area contributed by atoms with Crippen LogP contribution in [0.3, 0.4) is 0 Å². The Bertz CT molecular complexity index is 943. The molecule has 0 spiro atoms. The number of nitrogens with two attached hydrogens (primary N) is 1. The van der Waals surface area contributed by atoms with Crippen LogP contribution in [0.15, 0.2) is 47.3 Å². The molecule has 2 aromatic carbocycles. The molecule has 4 N–H and O–H groups in total. The fourth-order valence-electron chi connectivity index (χ4n) is 3.26. The molecule has 0 aliphatic carbocycles. The molecular weight excluding hydrogens is 274 g/mol. The summed E-state index contributed by atoms with van der Waals surface area (Å²) in [5.74, 6) is 0.330. The summed E-state index contributed by atoms with van der Waals surface area (Å²) in [6.07, 6.45) is 0. The number of pyridine rings is 1. The van der Waals surface area contributed by atoms with Gasteiger partial charge in [0.2, 0.25) is 0 Å². The lowest BCUT2D eigenvalue weighted by Crippen LogP contribution is -2.11. The van der Waals surface area contributed by atoms with Gasteiger partial charge in [0, 0.05) is 29.1 Å². The van der Waals surface area contributed by atoms with Crippen LogP contribution in [0.5, 0.6) is 0 Å². The van der Waals surface area contributed by atoms with E-state index in [1.54, 1.807) is 0 Å². The lowest BCUT2D eigenvalue weighted by Gasteiger charge is -2.10. The Morgan fingerprint density at radius 2 is 1.95 bits per heavy atom. The maximum Gasteiger partial charge on any atom is 0.272 e. The van der Waals surface area contributed by atoms with Crippen molar-refractivity contribution < 1.29 is 0 Å². The van der Waals surface area contributed by atoms with Gasteiger partial charge in [-0.2, -0.15) is 0 Å². The highest BCUT2D eigenvalue weighted by molar-refractivity contribution is 5.92. The van der Waals surface area contributed by atoms with Crippen molar-refractivity contribution in [2.45, 2.75) is 12.8 Å². The Hall–Kier alpha value is -2.75. The number of hydrogen-bond acceptors (Lipinski definition) is 3. The lowest BCUT2D eigenvalue weighted by atomic mass is 9.95. The van der Waals surface area contributed by atoms with Gasteiger partial charge >= 0.3 is 0 Å². The van der Waals surface area contributed by atoms with Crippen LogP contribution < -0.4 is 16.6 Å². The van der Waals surface area contributed by atoms with E-state index in [1.165, 1.54) is 0 Å². The van der Waals surface area contributed by atoms with Gasteiger partial charge in [0.25, 0.3) is 5.56 Å². The van der Waals surface area contributed by atoms with Gasteiger partial charge in [0.1, 0.15) is 5.69 Å². The molecule has 3 aromatic rings. The van der Waals surface area contributed by atoms with E-state index in [-0.39, 0.29) is 5.56 Å². The topological polar surface area (TPSA) is 70.9 Å². The molecule has 110 valence electrons. The predicted molar refractivity (Wildman–Crippen MR) is 91.3 cm³/mol. The van der Waals surface area contributed by atoms with Gasteiger partial charge < -0.3 is 16.0 Å². The number of aromatic amines is 1. The first-order valence-corrected chi connectivity index (χ1v) is 7.43. The molecule has 0 fully saturated rings. The standard InChI is InChI=1S/C18H17N3O/c1-10-9-20-17-16(10)14-8-12(5-6-15(14)21-18(17)22)11-3-2-4-13(19)7-11/h2-8,10,20H,9,19H2,1H3,(H,21,22). The van der Waals surface area contributed by atoms with Crippen molar-refractivity contribution in [1.29, 1.82) is 0 Å². The zero-order chi connectivity index (χ0) is 15.3. The number of rotatable bonds is 1. The minimum atomic E-state index is -0.0384. The van der Waals surface area contributed by atoms with Crippen LogP contribution in [0.25, 0.3) is 22.0 Å². The summed E-state index contributed by atoms with van der Waals surface area (Å²) in [6, 6.07) is 14.0. The molecular formula is C18H17N3O. The molecule has 1 aliphatic heterocycles. The molecule has 1 aromatic heterocycles. The molecule has 4 heteroatoms. The van der Waals surface area contributed by atoms with Gasteiger partial charge in [-0.15, -0.1) is 0 Å². The van der Waals surface area contributed by atoms with Crippen molar-refractivity contribution in [2.75, 3.05) is 17.6 Å². The van der Waals surface area contributed by atoms with Gasteiger partial charge in [-0.25, -0.2) is 0 Å². The number of benzene rings is 2. The van der Waals surface area contributed by atoms with E-state index in [0.29, 0.717) is 11.6 Å². The third-order valence-electron chi connectivity index (χ3n) is 4.35. The average Bonchev–Trinajstić information content (AvgIpc) is 2.90. The Kier molecular flexibility index (Phi) is 2.73. The Balaban J connectivity index is 2.00. The summed E-state index contributed by atoms with van der Waals surface area (Å²) in [6.45, 7) is 2.95. The van der Waals surface area contributed by atoms with Crippen LogP contribution in [0.2, 0.25) is 0 Å². The molecule has 0 saturated heterocycles. The highest BCUT2D eigenvalue weighted by atomic mass is 16.1. The fourth-order valence-corrected chi connectivity index (χ4v) is 3.26. The number of nitrogen functional groups attached to an aromatic ring is 1. The first-order valence-electron chi connectivity index (χ1n) is 7.43. The number of aromatic nitrogens is 1. The molecule has 0 saturated carbocycles. The molecule has 22 heavy (non-hydrogen) atoms. The Labute approximate surface area is 128 Å². The third-order valence-corrected chi connectivity index (χ3v) is 4.35. The van der Waals surface area contributed by atoms with Crippen molar-refractivity contribution in [2.24, 2.45) is 0 Å². The maximum atomic E-state index is 12.1. The number of anilines is 2. The average molecular weight is 291 g/mol. The minimum Gasteiger partial charge on any atom is -0.399 e. The highest BCUT2D eigenvalue weighted by Gasteiger charge is 2.24. The first-order chi connectivity index (χ1) is 10.6. The van der Waals surface area contributed by atoms with Gasteiger partial charge in [0.15, 0.2) is 0 Å². The fraction of sp³-hybridized carbons (Fsp3) is 0.167. The molecule has 4 rings (SSSR count). The van der Waals surface area contributed by atoms with E-state index in [0.717, 1.165) is 39.8 Å². The summed E-state index contributed by atoms with van der Waals surface area (Å²) in [5.41, 5.74) is 11.5. The van der Waals surface area contributed by atoms with Crippen molar-refractivity contribution in [3.05, 3.63) is 58.4 Å². The number of nitrogens with one attached hydrogen (secondary N) is 2. The molecule has 4 nitrogen and oxygen atoms in total. The normalized spacial score (nSPS) is 16.5. The van der Waals surface area contributed by atoms with Gasteiger partial charge in [-0.3, -0.25) is 4.79 Å². The summed E-state index contributed by atoms with van der Waals surface area (Å²) in [4.78, 5) is 15.1. The van der Waals surface area contributed by atoms with Gasteiger partial charge in [0.05, 0.1) is 0 Å². The third kappa shape index (κ3) is 1.88. The van der Waals surface area contributed by atoms with Crippen molar-refractivity contribution in [3.8, 4) is 11.1 Å². The van der Waals surface area contributed by atoms with Crippen molar-refractivity contribution in [3.63, 3.8) is 0 Å². The minimum absolute atomic E-state index is 0.0384. The van der Waals surface area contributed by atoms with Gasteiger partial charge in [-0.1, -0.05) is 25.1 Å². The predicted octanol–water partition coefficient (Wildman–Crippen LogP) is 3.31. The summed E-state index contributed by atoms with van der Waals surface area (Å²) in [5, 5.41) is 4.32. The highest BCUT2D eigenvalue weighted by Crippen LogP contribution is 2.35. The van der Waals surface area contributed by atoms with Crippen LogP contribution >= 0.6 is 0 Å². The molecule has 1 aliphatic rings. The van der Waals surface area contributed by atoms with Crippen molar-refractivity contribution >= 4 is 22.3 Å². The summed E-state index contributed by atoms with van der Waals surface area (Å²) in [7, 11) is 0. The molecule has 1 atom stereocenters. The zero-order valence-electron chi connectivity index (χ0n) is 12.3. The van der Waals surface area contributed by atoms with Crippen LogP contribution in [0.4, 0.5) is 11.4 Å². The van der Waals surface area contributed by atoms with Crippen molar-refractivity contribution in [1.82, 2.24) is 4.98 Å². The molecule has 2 heterocycles. The number of H-pyrrole nitrogens is 1. The van der Waals surface area contributed by atoms with Crippen LogP contribution in [0.1, 0.15) is 18.4 Å². The molecule has 1 unspecified atom stereocenters. The molecule has 0 amide bonds. The summed E-state index contributed by atoms with van der Waals surface area (Å²) >= 11 is 0. The van der Waals surface area contributed by atoms with Gasteiger partial charge in [-0.05, 0) is 41.0 Å². The largest absolute Gasteiger partial charge is 0.399 e. The van der Waals surface area contributed by atoms with E-state index in [4.69, 9.17) is 5.73 Å². The second-order valence-electron chi connectivity index (χ2n) is 5.91. The van der Waals surface area contributed by atoms with Crippen LogP contribution in [0, 0.1) is 0 Å². The van der Waals surface area contributed by atoms with Crippen LogP contribution in [-0.2, 0) is 0 Å². The first kappa shape index (κ1) is 13.0. The number of fused-ring (bicyclic) bond motifs is 3. The SMILES string of the molecule is CC1CNc2c1c1cc(-c3cccc(N)c3)ccc1[nH]c2=O. The van der Waals surface area contributed by atoms with Crippen LogP contribution in [-0.4, -0.2) is 11.5 Å². The molecule has 0 bridgehead atoms. The second kappa shape index (κ2) is 4.63. The zero-order valence-corrected chi connectivity index (χ0v) is 12.3.